The van der Waals surface area contributed by atoms with Crippen LogP contribution in [0.3, 0.4) is 0 Å². The molecule has 1 aromatic carbocycles. The van der Waals surface area contributed by atoms with Gasteiger partial charge in [0.2, 0.25) is 0 Å². The highest BCUT2D eigenvalue weighted by atomic mass is 16.1. The molecule has 0 bridgehead atoms. The van der Waals surface area contributed by atoms with Crippen LogP contribution in [0, 0.1) is 0 Å². The number of amides is 1. The third-order valence-electron chi connectivity index (χ3n) is 2.16. The average Bonchev–Trinajstić information content (AvgIpc) is 2.21. The molecule has 0 fully saturated rings. The number of carbonyl (C=O) groups is 1. The second-order valence-corrected chi connectivity index (χ2v) is 3.07. The van der Waals surface area contributed by atoms with Gasteiger partial charge in [0.05, 0.1) is 0 Å². The van der Waals surface area contributed by atoms with Gasteiger partial charge in [-0.15, -0.1) is 0 Å². The first kappa shape index (κ1) is 17.1. The van der Waals surface area contributed by atoms with Crippen molar-refractivity contribution in [2.24, 2.45) is 0 Å². The van der Waals surface area contributed by atoms with Gasteiger partial charge < -0.3 is 15.9 Å². The van der Waals surface area contributed by atoms with Crippen LogP contribution in [0.1, 0.15) is 13.8 Å². The zero-order valence-corrected chi connectivity index (χ0v) is 9.73. The molecule has 0 saturated carbocycles. The first-order chi connectivity index (χ1) is 6.77. The molecule has 4 nitrogen and oxygen atoms in total. The van der Waals surface area contributed by atoms with Gasteiger partial charge in [-0.2, -0.15) is 0 Å². The molecule has 4 N–H and O–H groups in total. The SMILES string of the molecule is CCN(CC)C(=O)[B]c1ccccc1.O.O. The van der Waals surface area contributed by atoms with Crippen LogP contribution in [0.15, 0.2) is 30.3 Å². The van der Waals surface area contributed by atoms with Crippen molar-refractivity contribution in [2.75, 3.05) is 13.1 Å². The summed E-state index contributed by atoms with van der Waals surface area (Å²) in [5.74, 6) is 0.0844. The van der Waals surface area contributed by atoms with Crippen molar-refractivity contribution in [1.29, 1.82) is 0 Å². The molecule has 0 unspecified atom stereocenters. The highest BCUT2D eigenvalue weighted by molar-refractivity contribution is 6.83. The molecule has 1 radical (unpaired) electrons. The van der Waals surface area contributed by atoms with Gasteiger partial charge in [0, 0.05) is 13.1 Å². The number of hydrogen-bond acceptors (Lipinski definition) is 1. The fourth-order valence-corrected chi connectivity index (χ4v) is 1.32. The van der Waals surface area contributed by atoms with Gasteiger partial charge >= 0.3 is 0 Å². The Bertz CT molecular complexity index is 289. The van der Waals surface area contributed by atoms with Crippen LogP contribution in [0.5, 0.6) is 0 Å². The Hall–Kier alpha value is -1.33. The zero-order valence-electron chi connectivity index (χ0n) is 9.73. The maximum absolute atomic E-state index is 11.6. The Labute approximate surface area is 97.1 Å². The van der Waals surface area contributed by atoms with E-state index in [4.69, 9.17) is 0 Å². The first-order valence-corrected chi connectivity index (χ1v) is 4.96. The number of hydrogen-bond donors (Lipinski definition) is 0. The molecular weight excluding hydrogens is 205 g/mol. The minimum Gasteiger partial charge on any atom is -0.412 e. The minimum atomic E-state index is 0. The lowest BCUT2D eigenvalue weighted by atomic mass is 9.69. The fourth-order valence-electron chi connectivity index (χ4n) is 1.32. The second kappa shape index (κ2) is 8.94. The summed E-state index contributed by atoms with van der Waals surface area (Å²) in [5, 5.41) is 0. The minimum absolute atomic E-state index is 0. The lowest BCUT2D eigenvalue weighted by molar-refractivity contribution is 0.226. The quantitative estimate of drug-likeness (QED) is 0.653. The van der Waals surface area contributed by atoms with Crippen molar-refractivity contribution >= 4 is 18.5 Å². The summed E-state index contributed by atoms with van der Waals surface area (Å²) in [6.07, 6.45) is 0. The summed E-state index contributed by atoms with van der Waals surface area (Å²) >= 11 is 0. The molecule has 1 aromatic rings. The summed E-state index contributed by atoms with van der Waals surface area (Å²) in [6.45, 7) is 5.50. The van der Waals surface area contributed by atoms with Gasteiger partial charge in [-0.25, -0.2) is 0 Å². The molecule has 0 saturated heterocycles. The molecule has 0 aliphatic carbocycles. The standard InChI is InChI=1S/C11H15BNO.2H2O/c1-3-13(4-2)11(14)12-10-8-6-5-7-9-10;;/h5-9H,3-4H2,1-2H3;2*1H2. The Kier molecular flexibility index (Phi) is 9.55. The number of rotatable bonds is 4. The van der Waals surface area contributed by atoms with Gasteiger partial charge in [0.25, 0.3) is 7.28 Å². The summed E-state index contributed by atoms with van der Waals surface area (Å²) in [6, 6.07) is 9.67. The van der Waals surface area contributed by atoms with Crippen molar-refractivity contribution < 1.29 is 15.7 Å². The van der Waals surface area contributed by atoms with Crippen LogP contribution >= 0.6 is 0 Å². The molecule has 0 spiro atoms. The van der Waals surface area contributed by atoms with E-state index < -0.39 is 0 Å². The Morgan fingerprint density at radius 2 is 1.62 bits per heavy atom. The molecule has 0 aliphatic heterocycles. The third-order valence-corrected chi connectivity index (χ3v) is 2.16. The van der Waals surface area contributed by atoms with Crippen LogP contribution in [-0.4, -0.2) is 42.0 Å². The van der Waals surface area contributed by atoms with Crippen LogP contribution in [0.25, 0.3) is 0 Å². The Morgan fingerprint density at radius 1 is 1.12 bits per heavy atom. The Balaban J connectivity index is 0. The topological polar surface area (TPSA) is 83.3 Å². The largest absolute Gasteiger partial charge is 0.412 e. The van der Waals surface area contributed by atoms with Crippen LogP contribution in [0.4, 0.5) is 4.79 Å². The molecule has 1 rings (SSSR count). The highest BCUT2D eigenvalue weighted by Gasteiger charge is 2.11. The maximum Gasteiger partial charge on any atom is 0.271 e. The molecule has 0 atom stereocenters. The van der Waals surface area contributed by atoms with Crippen molar-refractivity contribution in [2.45, 2.75) is 13.8 Å². The van der Waals surface area contributed by atoms with Crippen molar-refractivity contribution in [3.05, 3.63) is 30.3 Å². The predicted octanol–water partition coefficient (Wildman–Crippen LogP) is -0.171. The molecular formula is C11H19BNO3. The molecule has 0 heterocycles. The van der Waals surface area contributed by atoms with Crippen molar-refractivity contribution in [3.63, 3.8) is 0 Å². The molecule has 0 aliphatic rings. The number of nitrogens with zero attached hydrogens (tertiary/aromatic N) is 1. The van der Waals surface area contributed by atoms with Gasteiger partial charge in [0.1, 0.15) is 0 Å². The van der Waals surface area contributed by atoms with Crippen molar-refractivity contribution in [1.82, 2.24) is 4.90 Å². The van der Waals surface area contributed by atoms with Crippen LogP contribution in [-0.2, 0) is 0 Å². The predicted molar refractivity (Wildman–Crippen MR) is 67.4 cm³/mol. The van der Waals surface area contributed by atoms with E-state index >= 15 is 0 Å². The fraction of sp³-hybridized carbons (Fsp3) is 0.364. The van der Waals surface area contributed by atoms with E-state index in [1.807, 2.05) is 44.2 Å². The summed E-state index contributed by atoms with van der Waals surface area (Å²) in [4.78, 5) is 13.4. The molecule has 5 heteroatoms. The van der Waals surface area contributed by atoms with Crippen LogP contribution < -0.4 is 5.46 Å². The monoisotopic (exact) mass is 224 g/mol. The van der Waals surface area contributed by atoms with Crippen LogP contribution in [0.2, 0.25) is 0 Å². The van der Waals surface area contributed by atoms with Gasteiger partial charge in [-0.3, -0.25) is 4.79 Å². The molecule has 16 heavy (non-hydrogen) atoms. The van der Waals surface area contributed by atoms with E-state index in [0.29, 0.717) is 0 Å². The zero-order chi connectivity index (χ0) is 10.4. The number of carbonyl (C=O) groups excluding carboxylic acids is 1. The van der Waals surface area contributed by atoms with Gasteiger partial charge in [-0.1, -0.05) is 35.8 Å². The van der Waals surface area contributed by atoms with E-state index in [1.54, 1.807) is 12.2 Å². The van der Waals surface area contributed by atoms with E-state index in [-0.39, 0.29) is 16.8 Å². The van der Waals surface area contributed by atoms with E-state index in [0.717, 1.165) is 18.6 Å². The normalized spacial score (nSPS) is 8.38. The Morgan fingerprint density at radius 3 is 2.06 bits per heavy atom. The molecule has 89 valence electrons. The first-order valence-electron chi connectivity index (χ1n) is 4.96. The van der Waals surface area contributed by atoms with Gasteiger partial charge in [-0.05, 0) is 13.8 Å². The lowest BCUT2D eigenvalue weighted by Crippen LogP contribution is -2.37. The maximum atomic E-state index is 11.6. The van der Waals surface area contributed by atoms with E-state index in [2.05, 4.69) is 0 Å². The van der Waals surface area contributed by atoms with E-state index in [1.165, 1.54) is 0 Å². The van der Waals surface area contributed by atoms with Gasteiger partial charge in [0.15, 0.2) is 5.81 Å². The smallest absolute Gasteiger partial charge is 0.271 e. The molecule has 0 aromatic heterocycles. The summed E-state index contributed by atoms with van der Waals surface area (Å²) in [7, 11) is 1.67. The summed E-state index contributed by atoms with van der Waals surface area (Å²) < 4.78 is 0. The van der Waals surface area contributed by atoms with E-state index in [9.17, 15) is 4.79 Å². The highest BCUT2D eigenvalue weighted by Crippen LogP contribution is 1.90. The summed E-state index contributed by atoms with van der Waals surface area (Å²) in [5.41, 5.74) is 0.962. The lowest BCUT2D eigenvalue weighted by Gasteiger charge is -2.18. The number of benzene rings is 1. The van der Waals surface area contributed by atoms with Crippen molar-refractivity contribution in [3.8, 4) is 0 Å². The molecule has 1 amide bonds. The average molecular weight is 224 g/mol. The second-order valence-electron chi connectivity index (χ2n) is 3.07. The third kappa shape index (κ3) is 4.95.